The number of hydrazine groups is 1. The zero-order valence-electron chi connectivity index (χ0n) is 11.5. The zero-order valence-corrected chi connectivity index (χ0v) is 12.3. The van der Waals surface area contributed by atoms with Crippen LogP contribution >= 0.6 is 0 Å². The van der Waals surface area contributed by atoms with Crippen LogP contribution in [0.1, 0.15) is 18.4 Å². The number of benzene rings is 1. The summed E-state index contributed by atoms with van der Waals surface area (Å²) in [6.45, 7) is 0. The van der Waals surface area contributed by atoms with Crippen LogP contribution in [0.25, 0.3) is 6.08 Å². The predicted octanol–water partition coefficient (Wildman–Crippen LogP) is 1.23. The number of hydrogen-bond donors (Lipinski definition) is 2. The van der Waals surface area contributed by atoms with Gasteiger partial charge in [0.25, 0.3) is 0 Å². The Morgan fingerprint density at radius 3 is 2.90 bits per heavy atom. The van der Waals surface area contributed by atoms with E-state index in [9.17, 15) is 9.35 Å². The van der Waals surface area contributed by atoms with Gasteiger partial charge in [-0.2, -0.15) is 0 Å². The van der Waals surface area contributed by atoms with E-state index in [0.29, 0.717) is 12.2 Å². The second-order valence-corrected chi connectivity index (χ2v) is 5.90. The van der Waals surface area contributed by atoms with Gasteiger partial charge in [0.05, 0.1) is 7.11 Å². The molecule has 2 rings (SSSR count). The summed E-state index contributed by atoms with van der Waals surface area (Å²) < 4.78 is 16.9. The van der Waals surface area contributed by atoms with E-state index in [4.69, 9.17) is 4.74 Å². The quantitative estimate of drug-likeness (QED) is 0.819. The van der Waals surface area contributed by atoms with Gasteiger partial charge in [-0.25, -0.2) is 5.43 Å². The third kappa shape index (κ3) is 3.75. The van der Waals surface area contributed by atoms with Crippen molar-refractivity contribution in [2.45, 2.75) is 23.8 Å². The van der Waals surface area contributed by atoms with Crippen LogP contribution in [0.5, 0.6) is 5.75 Å². The predicted molar refractivity (Wildman–Crippen MR) is 78.7 cm³/mol. The van der Waals surface area contributed by atoms with E-state index in [0.717, 1.165) is 16.9 Å². The normalized spacial score (nSPS) is 20.8. The third-order valence-electron chi connectivity index (χ3n) is 3.12. The van der Waals surface area contributed by atoms with Gasteiger partial charge >= 0.3 is 0 Å². The van der Waals surface area contributed by atoms with Crippen LogP contribution in [0.3, 0.4) is 0 Å². The largest absolute Gasteiger partial charge is 0.612 e. The minimum Gasteiger partial charge on any atom is -0.612 e. The van der Waals surface area contributed by atoms with Crippen molar-refractivity contribution in [1.29, 1.82) is 0 Å². The van der Waals surface area contributed by atoms with Crippen LogP contribution in [0.15, 0.2) is 29.2 Å². The molecular weight excluding hydrogens is 276 g/mol. The highest BCUT2D eigenvalue weighted by Gasteiger charge is 2.16. The highest BCUT2D eigenvalue weighted by Crippen LogP contribution is 2.23. The molecule has 0 saturated carbocycles. The number of carbonyl (C=O) groups is 1. The molecule has 1 amide bonds. The lowest BCUT2D eigenvalue weighted by molar-refractivity contribution is -0.123. The fourth-order valence-electron chi connectivity index (χ4n) is 1.99. The lowest BCUT2D eigenvalue weighted by atomic mass is 10.1. The maximum absolute atomic E-state index is 11.8. The van der Waals surface area contributed by atoms with Gasteiger partial charge in [-0.3, -0.25) is 10.2 Å². The summed E-state index contributed by atoms with van der Waals surface area (Å²) in [6.07, 6.45) is 6.80. The average molecular weight is 294 g/mol. The lowest BCUT2D eigenvalue weighted by Gasteiger charge is -2.20. The molecule has 0 bridgehead atoms. The van der Waals surface area contributed by atoms with E-state index in [1.165, 1.54) is 0 Å². The molecule has 2 N–H and O–H groups in total. The molecule has 0 radical (unpaired) electrons. The Hall–Kier alpha value is -1.50. The monoisotopic (exact) mass is 294 g/mol. The maximum Gasteiger partial charge on any atom is 0.234 e. The van der Waals surface area contributed by atoms with Crippen molar-refractivity contribution < 1.29 is 14.1 Å². The highest BCUT2D eigenvalue weighted by atomic mass is 32.2. The Balaban J connectivity index is 2.13. The Kier molecular flexibility index (Phi) is 5.05. The first kappa shape index (κ1) is 14.9. The molecule has 0 aliphatic carbocycles. The Morgan fingerprint density at radius 2 is 2.30 bits per heavy atom. The average Bonchev–Trinajstić information content (AvgIpc) is 2.46. The molecule has 0 spiro atoms. The molecule has 1 heterocycles. The van der Waals surface area contributed by atoms with Crippen molar-refractivity contribution in [2.75, 3.05) is 13.4 Å². The smallest absolute Gasteiger partial charge is 0.234 e. The number of ether oxygens (including phenoxy) is 1. The minimum absolute atomic E-state index is 0.00875. The summed E-state index contributed by atoms with van der Waals surface area (Å²) in [6, 6.07) is 5.60. The topological polar surface area (TPSA) is 73.4 Å². The van der Waals surface area contributed by atoms with Crippen LogP contribution in [-0.4, -0.2) is 29.9 Å². The van der Waals surface area contributed by atoms with Crippen LogP contribution in [-0.2, 0) is 16.0 Å². The zero-order chi connectivity index (χ0) is 14.5. The van der Waals surface area contributed by atoms with E-state index in [-0.39, 0.29) is 11.9 Å². The van der Waals surface area contributed by atoms with Crippen LogP contribution in [0.4, 0.5) is 0 Å². The molecule has 1 aromatic rings. The van der Waals surface area contributed by atoms with Crippen molar-refractivity contribution in [3.8, 4) is 5.75 Å². The fraction of sp³-hybridized carbons (Fsp3) is 0.357. The molecule has 108 valence electrons. The van der Waals surface area contributed by atoms with Crippen molar-refractivity contribution >= 4 is 23.2 Å². The first-order chi connectivity index (χ1) is 9.60. The molecule has 1 saturated heterocycles. The molecule has 1 aliphatic rings. The molecule has 2 atom stereocenters. The summed E-state index contributed by atoms with van der Waals surface area (Å²) in [5.74, 6) is 0.699. The van der Waals surface area contributed by atoms with E-state index in [2.05, 4.69) is 10.9 Å². The van der Waals surface area contributed by atoms with Crippen molar-refractivity contribution in [3.05, 3.63) is 29.8 Å². The van der Waals surface area contributed by atoms with Crippen molar-refractivity contribution in [3.63, 3.8) is 0 Å². The van der Waals surface area contributed by atoms with E-state index >= 15 is 0 Å². The third-order valence-corrected chi connectivity index (χ3v) is 4.09. The molecule has 1 aromatic carbocycles. The Morgan fingerprint density at radius 1 is 1.50 bits per heavy atom. The summed E-state index contributed by atoms with van der Waals surface area (Å²) >= 11 is -1.09. The molecule has 5 nitrogen and oxygen atoms in total. The highest BCUT2D eigenvalue weighted by molar-refractivity contribution is 7.90. The molecule has 0 aromatic heterocycles. The van der Waals surface area contributed by atoms with Gasteiger partial charge in [0.15, 0.2) is 4.90 Å². The second-order valence-electron chi connectivity index (χ2n) is 4.55. The van der Waals surface area contributed by atoms with Gasteiger partial charge in [-0.05, 0) is 29.7 Å². The first-order valence-corrected chi connectivity index (χ1v) is 7.90. The second kappa shape index (κ2) is 6.78. The molecular formula is C14H18N2O3S. The number of hydrogen-bond acceptors (Lipinski definition) is 4. The van der Waals surface area contributed by atoms with Gasteiger partial charge in [0, 0.05) is 24.1 Å². The van der Waals surface area contributed by atoms with Gasteiger partial charge in [0.2, 0.25) is 5.91 Å². The van der Waals surface area contributed by atoms with Crippen LogP contribution in [0, 0.1) is 0 Å². The summed E-state index contributed by atoms with van der Waals surface area (Å²) in [5, 5.41) is 0. The van der Waals surface area contributed by atoms with Crippen molar-refractivity contribution in [1.82, 2.24) is 10.9 Å². The maximum atomic E-state index is 11.8. The minimum atomic E-state index is -1.09. The number of carbonyl (C=O) groups excluding carboxylic acids is 1. The molecule has 6 heteroatoms. The molecule has 1 aliphatic heterocycles. The van der Waals surface area contributed by atoms with Crippen LogP contribution in [0.2, 0.25) is 0 Å². The van der Waals surface area contributed by atoms with Gasteiger partial charge in [-0.1, -0.05) is 12.2 Å². The fourth-order valence-corrected chi connectivity index (χ4v) is 2.74. The SMILES string of the molecule is COc1ccc(/C=C/C2CCC(=O)NN2)c([S+](C)[O-])c1. The Labute approximate surface area is 121 Å². The first-order valence-electron chi connectivity index (χ1n) is 6.34. The van der Waals surface area contributed by atoms with E-state index in [1.807, 2.05) is 24.3 Å². The molecule has 2 unspecified atom stereocenters. The number of rotatable bonds is 4. The molecule has 1 fully saturated rings. The number of methoxy groups -OCH3 is 1. The lowest BCUT2D eigenvalue weighted by Crippen LogP contribution is -2.48. The standard InChI is InChI=1S/C14H18N2O3S/c1-19-12-7-4-10(13(9-12)20(2)18)3-5-11-6-8-14(17)16-15-11/h3-5,7,9,11,15H,6,8H2,1-2H3,(H,16,17)/b5-3+. The van der Waals surface area contributed by atoms with Gasteiger partial charge < -0.3 is 9.29 Å². The van der Waals surface area contributed by atoms with E-state index in [1.54, 1.807) is 19.4 Å². The van der Waals surface area contributed by atoms with Gasteiger partial charge in [0.1, 0.15) is 12.0 Å². The number of nitrogens with one attached hydrogen (secondary N) is 2. The van der Waals surface area contributed by atoms with Gasteiger partial charge in [-0.15, -0.1) is 0 Å². The van der Waals surface area contributed by atoms with E-state index < -0.39 is 11.2 Å². The van der Waals surface area contributed by atoms with Crippen molar-refractivity contribution in [2.24, 2.45) is 0 Å². The summed E-state index contributed by atoms with van der Waals surface area (Å²) in [7, 11) is 1.59. The van der Waals surface area contributed by atoms with Crippen LogP contribution < -0.4 is 15.6 Å². The number of amides is 1. The Bertz CT molecular complexity index is 507. The molecule has 20 heavy (non-hydrogen) atoms. The summed E-state index contributed by atoms with van der Waals surface area (Å²) in [5.41, 5.74) is 6.42. The summed E-state index contributed by atoms with van der Waals surface area (Å²) in [4.78, 5) is 11.8.